The molecule has 4 heteroatoms. The predicted molar refractivity (Wildman–Crippen MR) is 85.4 cm³/mol. The Labute approximate surface area is 126 Å². The number of ether oxygens (including phenoxy) is 1. The van der Waals surface area contributed by atoms with Gasteiger partial charge in [-0.1, -0.05) is 25.1 Å². The lowest BCUT2D eigenvalue weighted by molar-refractivity contribution is 0.0629. The largest absolute Gasteiger partial charge is 0.378 e. The number of aromatic nitrogens is 2. The lowest BCUT2D eigenvalue weighted by atomic mass is 9.77. The van der Waals surface area contributed by atoms with Crippen LogP contribution in [0.2, 0.25) is 0 Å². The fourth-order valence-electron chi connectivity index (χ4n) is 3.47. The second-order valence-electron chi connectivity index (χ2n) is 6.17. The molecule has 4 nitrogen and oxygen atoms in total. The van der Waals surface area contributed by atoms with Crippen molar-refractivity contribution in [2.24, 2.45) is 12.5 Å². The van der Waals surface area contributed by atoms with Crippen LogP contribution in [-0.4, -0.2) is 35.6 Å². The van der Waals surface area contributed by atoms with Crippen molar-refractivity contribution in [1.29, 1.82) is 0 Å². The van der Waals surface area contributed by atoms with Crippen molar-refractivity contribution >= 4 is 10.9 Å². The topological polar surface area (TPSA) is 39.1 Å². The van der Waals surface area contributed by atoms with Crippen LogP contribution >= 0.6 is 0 Å². The Hall–Kier alpha value is -1.39. The van der Waals surface area contributed by atoms with E-state index in [4.69, 9.17) is 9.84 Å². The van der Waals surface area contributed by atoms with Crippen molar-refractivity contribution in [3.63, 3.8) is 0 Å². The fourth-order valence-corrected chi connectivity index (χ4v) is 3.47. The number of hydrogen-bond acceptors (Lipinski definition) is 3. The molecular weight excluding hydrogens is 262 g/mol. The van der Waals surface area contributed by atoms with E-state index in [2.05, 4.69) is 43.4 Å². The Kier molecular flexibility index (Phi) is 4.00. The average molecular weight is 287 g/mol. The molecule has 0 radical (unpaired) electrons. The zero-order valence-electron chi connectivity index (χ0n) is 13.2. The van der Waals surface area contributed by atoms with E-state index in [0.29, 0.717) is 0 Å². The molecule has 21 heavy (non-hydrogen) atoms. The third-order valence-corrected chi connectivity index (χ3v) is 4.91. The van der Waals surface area contributed by atoms with Gasteiger partial charge < -0.3 is 10.1 Å². The van der Waals surface area contributed by atoms with Gasteiger partial charge >= 0.3 is 0 Å². The summed E-state index contributed by atoms with van der Waals surface area (Å²) in [6.45, 7) is 7.21. The minimum Gasteiger partial charge on any atom is -0.378 e. The van der Waals surface area contributed by atoms with Gasteiger partial charge in [-0.05, 0) is 26.0 Å². The number of para-hydroxylation sites is 1. The van der Waals surface area contributed by atoms with E-state index in [1.807, 2.05) is 11.7 Å². The molecule has 0 bridgehead atoms. The molecule has 1 aromatic carbocycles. The second-order valence-corrected chi connectivity index (χ2v) is 6.17. The van der Waals surface area contributed by atoms with E-state index < -0.39 is 0 Å². The Morgan fingerprint density at radius 3 is 2.95 bits per heavy atom. The van der Waals surface area contributed by atoms with Crippen LogP contribution in [0.15, 0.2) is 24.3 Å². The first-order chi connectivity index (χ1) is 10.2. The minimum atomic E-state index is 0.160. The molecule has 2 heterocycles. The lowest BCUT2D eigenvalue weighted by Gasteiger charge is -2.32. The van der Waals surface area contributed by atoms with Crippen molar-refractivity contribution in [2.45, 2.75) is 32.8 Å². The third kappa shape index (κ3) is 2.58. The molecule has 0 spiro atoms. The van der Waals surface area contributed by atoms with Gasteiger partial charge in [0.05, 0.1) is 17.3 Å². The number of aryl methyl sites for hydroxylation is 1. The molecule has 1 aromatic heterocycles. The van der Waals surface area contributed by atoms with Crippen molar-refractivity contribution in [2.75, 3.05) is 19.7 Å². The summed E-state index contributed by atoms with van der Waals surface area (Å²) in [5.41, 5.74) is 2.56. The summed E-state index contributed by atoms with van der Waals surface area (Å²) < 4.78 is 7.87. The molecule has 1 aliphatic heterocycles. The van der Waals surface area contributed by atoms with E-state index in [1.54, 1.807) is 0 Å². The first-order valence-corrected chi connectivity index (χ1v) is 7.89. The van der Waals surface area contributed by atoms with Crippen LogP contribution in [-0.2, 0) is 18.2 Å². The van der Waals surface area contributed by atoms with Crippen LogP contribution in [0, 0.1) is 5.41 Å². The van der Waals surface area contributed by atoms with Crippen LogP contribution in [0.25, 0.3) is 10.9 Å². The highest BCUT2D eigenvalue weighted by Gasteiger charge is 2.42. The molecule has 2 atom stereocenters. The van der Waals surface area contributed by atoms with Gasteiger partial charge in [0.2, 0.25) is 0 Å². The molecule has 0 saturated carbocycles. The Bertz CT molecular complexity index is 622. The van der Waals surface area contributed by atoms with Crippen LogP contribution in [0.4, 0.5) is 0 Å². The van der Waals surface area contributed by atoms with Crippen molar-refractivity contribution in [1.82, 2.24) is 15.1 Å². The standard InChI is InChI=1S/C17H25N3O/c1-4-18-12-17(9-10-21-13(17)2)11-15-14-7-5-6-8-16(14)20(3)19-15/h5-8,13,18H,4,9-12H2,1-3H3. The number of benzene rings is 1. The quantitative estimate of drug-likeness (QED) is 0.918. The zero-order valence-corrected chi connectivity index (χ0v) is 13.2. The molecular formula is C17H25N3O. The fraction of sp³-hybridized carbons (Fsp3) is 0.588. The Balaban J connectivity index is 1.94. The van der Waals surface area contributed by atoms with Crippen LogP contribution < -0.4 is 5.32 Å². The lowest BCUT2D eigenvalue weighted by Crippen LogP contribution is -2.41. The summed E-state index contributed by atoms with van der Waals surface area (Å²) in [6.07, 6.45) is 2.35. The van der Waals surface area contributed by atoms with Gasteiger partial charge in [-0.3, -0.25) is 4.68 Å². The monoisotopic (exact) mass is 287 g/mol. The van der Waals surface area contributed by atoms with Gasteiger partial charge in [-0.2, -0.15) is 5.10 Å². The average Bonchev–Trinajstić information content (AvgIpc) is 3.00. The number of nitrogens with one attached hydrogen (secondary N) is 1. The number of nitrogens with zero attached hydrogens (tertiary/aromatic N) is 2. The first-order valence-electron chi connectivity index (χ1n) is 7.89. The van der Waals surface area contributed by atoms with Gasteiger partial charge in [0.15, 0.2) is 0 Å². The van der Waals surface area contributed by atoms with E-state index in [1.165, 1.54) is 16.6 Å². The molecule has 1 saturated heterocycles. The summed E-state index contributed by atoms with van der Waals surface area (Å²) >= 11 is 0. The SMILES string of the molecule is CCNCC1(Cc2nn(C)c3ccccc23)CCOC1C. The molecule has 0 aliphatic carbocycles. The van der Waals surface area contributed by atoms with Crippen molar-refractivity contribution in [3.05, 3.63) is 30.0 Å². The van der Waals surface area contributed by atoms with Gasteiger partial charge in [0.1, 0.15) is 0 Å². The summed E-state index contributed by atoms with van der Waals surface area (Å²) in [6, 6.07) is 8.49. The number of fused-ring (bicyclic) bond motifs is 1. The number of hydrogen-bond donors (Lipinski definition) is 1. The smallest absolute Gasteiger partial charge is 0.0710 e. The zero-order chi connectivity index (χ0) is 14.9. The highest BCUT2D eigenvalue weighted by Crippen LogP contribution is 2.38. The second kappa shape index (κ2) is 5.78. The van der Waals surface area contributed by atoms with Crippen LogP contribution in [0.5, 0.6) is 0 Å². The van der Waals surface area contributed by atoms with Gasteiger partial charge in [-0.25, -0.2) is 0 Å². The molecule has 1 N–H and O–H groups in total. The van der Waals surface area contributed by atoms with E-state index in [9.17, 15) is 0 Å². The maximum atomic E-state index is 5.88. The Morgan fingerprint density at radius 1 is 1.43 bits per heavy atom. The van der Waals surface area contributed by atoms with Crippen LogP contribution in [0.1, 0.15) is 26.0 Å². The Morgan fingerprint density at radius 2 is 2.24 bits per heavy atom. The minimum absolute atomic E-state index is 0.160. The highest BCUT2D eigenvalue weighted by atomic mass is 16.5. The maximum absolute atomic E-state index is 5.88. The van der Waals surface area contributed by atoms with Crippen molar-refractivity contribution in [3.8, 4) is 0 Å². The normalized spacial score (nSPS) is 25.8. The summed E-state index contributed by atoms with van der Waals surface area (Å²) in [5, 5.41) is 9.57. The van der Waals surface area contributed by atoms with Gasteiger partial charge in [0.25, 0.3) is 0 Å². The first kappa shape index (κ1) is 14.5. The highest BCUT2D eigenvalue weighted by molar-refractivity contribution is 5.81. The molecule has 0 amide bonds. The maximum Gasteiger partial charge on any atom is 0.0710 e. The molecule has 2 aromatic rings. The van der Waals surface area contributed by atoms with E-state index in [-0.39, 0.29) is 11.5 Å². The summed E-state index contributed by atoms with van der Waals surface area (Å²) in [5.74, 6) is 0. The molecule has 2 unspecified atom stereocenters. The van der Waals surface area contributed by atoms with Crippen molar-refractivity contribution < 1.29 is 4.74 Å². The molecule has 3 rings (SSSR count). The summed E-state index contributed by atoms with van der Waals surface area (Å²) in [4.78, 5) is 0. The van der Waals surface area contributed by atoms with E-state index >= 15 is 0 Å². The summed E-state index contributed by atoms with van der Waals surface area (Å²) in [7, 11) is 2.03. The molecule has 1 fully saturated rings. The number of rotatable bonds is 5. The van der Waals surface area contributed by atoms with Gasteiger partial charge in [-0.15, -0.1) is 0 Å². The molecule has 114 valence electrons. The predicted octanol–water partition coefficient (Wildman–Crippen LogP) is 2.52. The van der Waals surface area contributed by atoms with Gasteiger partial charge in [0, 0.05) is 37.4 Å². The molecule has 1 aliphatic rings. The van der Waals surface area contributed by atoms with Crippen LogP contribution in [0.3, 0.4) is 0 Å². The van der Waals surface area contributed by atoms with E-state index in [0.717, 1.165) is 32.5 Å². The third-order valence-electron chi connectivity index (χ3n) is 4.91.